The van der Waals surface area contributed by atoms with Crippen LogP contribution in [0.5, 0.6) is 5.75 Å². The summed E-state index contributed by atoms with van der Waals surface area (Å²) in [7, 11) is 0. The van der Waals surface area contributed by atoms with Crippen molar-refractivity contribution in [3.05, 3.63) is 66.0 Å². The van der Waals surface area contributed by atoms with E-state index in [1.54, 1.807) is 12.1 Å². The predicted octanol–water partition coefficient (Wildman–Crippen LogP) is 3.79. The van der Waals surface area contributed by atoms with Crippen molar-refractivity contribution < 1.29 is 13.9 Å². The van der Waals surface area contributed by atoms with Gasteiger partial charge < -0.3 is 9.64 Å². The highest BCUT2D eigenvalue weighted by molar-refractivity contribution is 5.77. The van der Waals surface area contributed by atoms with E-state index in [1.165, 1.54) is 12.1 Å². The molecule has 0 aliphatic heterocycles. The normalized spacial score (nSPS) is 13.6. The summed E-state index contributed by atoms with van der Waals surface area (Å²) < 4.78 is 18.6. The number of carbonyl (C=O) groups is 1. The average Bonchev–Trinajstić information content (AvgIpc) is 3.40. The molecule has 3 nitrogen and oxygen atoms in total. The van der Waals surface area contributed by atoms with Gasteiger partial charge >= 0.3 is 0 Å². The lowest BCUT2D eigenvalue weighted by Gasteiger charge is -2.22. The molecule has 1 amide bonds. The van der Waals surface area contributed by atoms with Gasteiger partial charge in [-0.05, 0) is 42.7 Å². The first kappa shape index (κ1) is 15.5. The minimum Gasteiger partial charge on any atom is -0.493 e. The number of para-hydroxylation sites is 1. The standard InChI is InChI=1S/C19H20FNO2/c20-16-8-6-15(7-9-16)14-21(17-10-11-17)19(22)12-13-23-18-4-2-1-3-5-18/h1-9,17H,10-14H2. The van der Waals surface area contributed by atoms with Gasteiger partial charge in [-0.3, -0.25) is 4.79 Å². The fourth-order valence-corrected chi connectivity index (χ4v) is 2.51. The van der Waals surface area contributed by atoms with E-state index in [0.29, 0.717) is 25.6 Å². The summed E-state index contributed by atoms with van der Waals surface area (Å²) in [6.45, 7) is 0.907. The largest absolute Gasteiger partial charge is 0.493 e. The zero-order valence-electron chi connectivity index (χ0n) is 13.0. The molecule has 0 N–H and O–H groups in total. The summed E-state index contributed by atoms with van der Waals surface area (Å²) in [5, 5.41) is 0. The summed E-state index contributed by atoms with van der Waals surface area (Å²) in [6.07, 6.45) is 2.45. The summed E-state index contributed by atoms with van der Waals surface area (Å²) in [5.74, 6) is 0.610. The van der Waals surface area contributed by atoms with Crippen molar-refractivity contribution in [2.75, 3.05) is 6.61 Å². The van der Waals surface area contributed by atoms with Gasteiger partial charge in [0.05, 0.1) is 13.0 Å². The molecule has 2 aromatic rings. The van der Waals surface area contributed by atoms with Crippen LogP contribution in [0.3, 0.4) is 0 Å². The second kappa shape index (κ2) is 7.27. The molecule has 0 unspecified atom stereocenters. The van der Waals surface area contributed by atoms with E-state index in [4.69, 9.17) is 4.74 Å². The highest BCUT2D eigenvalue weighted by atomic mass is 19.1. The zero-order chi connectivity index (χ0) is 16.1. The molecule has 0 aromatic heterocycles. The SMILES string of the molecule is O=C(CCOc1ccccc1)N(Cc1ccc(F)cc1)C1CC1. The van der Waals surface area contributed by atoms with Gasteiger partial charge in [0.25, 0.3) is 0 Å². The second-order valence-corrected chi connectivity index (χ2v) is 5.79. The Balaban J connectivity index is 1.53. The topological polar surface area (TPSA) is 29.5 Å². The van der Waals surface area contributed by atoms with E-state index in [-0.39, 0.29) is 11.7 Å². The third kappa shape index (κ3) is 4.55. The highest BCUT2D eigenvalue weighted by Crippen LogP contribution is 2.29. The minimum atomic E-state index is -0.255. The molecule has 0 heterocycles. The monoisotopic (exact) mass is 313 g/mol. The quantitative estimate of drug-likeness (QED) is 0.778. The van der Waals surface area contributed by atoms with E-state index >= 15 is 0 Å². The third-order valence-electron chi connectivity index (χ3n) is 3.90. The van der Waals surface area contributed by atoms with Crippen LogP contribution in [0, 0.1) is 5.82 Å². The molecule has 1 saturated carbocycles. The Hall–Kier alpha value is -2.36. The molecule has 3 rings (SSSR count). The first-order valence-electron chi connectivity index (χ1n) is 7.94. The molecule has 2 aromatic carbocycles. The van der Waals surface area contributed by atoms with Crippen molar-refractivity contribution in [2.45, 2.75) is 31.8 Å². The molecule has 0 atom stereocenters. The van der Waals surface area contributed by atoms with E-state index in [1.807, 2.05) is 35.2 Å². The molecular weight excluding hydrogens is 293 g/mol. The van der Waals surface area contributed by atoms with Crippen molar-refractivity contribution in [1.82, 2.24) is 4.90 Å². The van der Waals surface area contributed by atoms with Crippen molar-refractivity contribution in [2.24, 2.45) is 0 Å². The van der Waals surface area contributed by atoms with Crippen LogP contribution in [0.25, 0.3) is 0 Å². The van der Waals surface area contributed by atoms with Crippen molar-refractivity contribution >= 4 is 5.91 Å². The Morgan fingerprint density at radius 1 is 1.09 bits per heavy atom. The minimum absolute atomic E-state index is 0.0905. The summed E-state index contributed by atoms with van der Waals surface area (Å²) in [5.41, 5.74) is 0.954. The third-order valence-corrected chi connectivity index (χ3v) is 3.90. The number of nitrogens with zero attached hydrogens (tertiary/aromatic N) is 1. The van der Waals surface area contributed by atoms with E-state index in [9.17, 15) is 9.18 Å². The number of hydrogen-bond acceptors (Lipinski definition) is 2. The smallest absolute Gasteiger partial charge is 0.226 e. The number of hydrogen-bond donors (Lipinski definition) is 0. The van der Waals surface area contributed by atoms with E-state index in [2.05, 4.69) is 0 Å². The molecule has 120 valence electrons. The molecule has 1 aliphatic rings. The Bertz CT molecular complexity index is 638. The Kier molecular flexibility index (Phi) is 4.91. The summed E-state index contributed by atoms with van der Waals surface area (Å²) >= 11 is 0. The summed E-state index contributed by atoms with van der Waals surface area (Å²) in [6, 6.07) is 16.1. The van der Waals surface area contributed by atoms with Crippen molar-refractivity contribution in [3.63, 3.8) is 0 Å². The number of ether oxygens (including phenoxy) is 1. The van der Waals surface area contributed by atoms with Crippen LogP contribution in [0.1, 0.15) is 24.8 Å². The Morgan fingerprint density at radius 3 is 2.43 bits per heavy atom. The molecule has 1 fully saturated rings. The highest BCUT2D eigenvalue weighted by Gasteiger charge is 2.32. The van der Waals surface area contributed by atoms with Gasteiger partial charge in [0, 0.05) is 12.6 Å². The first-order valence-corrected chi connectivity index (χ1v) is 7.94. The number of halogens is 1. The molecule has 0 radical (unpaired) electrons. The average molecular weight is 313 g/mol. The number of carbonyl (C=O) groups excluding carboxylic acids is 1. The van der Waals surface area contributed by atoms with Gasteiger partial charge in [0.1, 0.15) is 11.6 Å². The summed E-state index contributed by atoms with van der Waals surface area (Å²) in [4.78, 5) is 14.3. The lowest BCUT2D eigenvalue weighted by atomic mass is 10.2. The van der Waals surface area contributed by atoms with Gasteiger partial charge in [-0.25, -0.2) is 4.39 Å². The van der Waals surface area contributed by atoms with Gasteiger partial charge in [-0.1, -0.05) is 30.3 Å². The fraction of sp³-hybridized carbons (Fsp3) is 0.316. The van der Waals surface area contributed by atoms with Gasteiger partial charge in [0.2, 0.25) is 5.91 Å². The number of benzene rings is 2. The predicted molar refractivity (Wildman–Crippen MR) is 86.5 cm³/mol. The van der Waals surface area contributed by atoms with Crippen LogP contribution in [-0.2, 0) is 11.3 Å². The first-order chi connectivity index (χ1) is 11.2. The van der Waals surface area contributed by atoms with E-state index < -0.39 is 0 Å². The molecule has 23 heavy (non-hydrogen) atoms. The maximum Gasteiger partial charge on any atom is 0.226 e. The number of amides is 1. The van der Waals surface area contributed by atoms with Crippen LogP contribution in [0.15, 0.2) is 54.6 Å². The second-order valence-electron chi connectivity index (χ2n) is 5.79. The Morgan fingerprint density at radius 2 is 1.78 bits per heavy atom. The van der Waals surface area contributed by atoms with Crippen LogP contribution < -0.4 is 4.74 Å². The van der Waals surface area contributed by atoms with E-state index in [0.717, 1.165) is 24.2 Å². The fourth-order valence-electron chi connectivity index (χ4n) is 2.51. The van der Waals surface area contributed by atoms with Crippen LogP contribution in [-0.4, -0.2) is 23.5 Å². The molecule has 0 spiro atoms. The molecule has 4 heteroatoms. The maximum atomic E-state index is 13.0. The Labute approximate surface area is 135 Å². The lowest BCUT2D eigenvalue weighted by molar-refractivity contribution is -0.132. The lowest BCUT2D eigenvalue weighted by Crippen LogP contribution is -2.33. The maximum absolute atomic E-state index is 13.0. The molecule has 1 aliphatic carbocycles. The molecular formula is C19H20FNO2. The zero-order valence-corrected chi connectivity index (χ0v) is 13.0. The van der Waals surface area contributed by atoms with Crippen molar-refractivity contribution in [3.8, 4) is 5.75 Å². The van der Waals surface area contributed by atoms with Crippen LogP contribution >= 0.6 is 0 Å². The van der Waals surface area contributed by atoms with Gasteiger partial charge in [0.15, 0.2) is 0 Å². The van der Waals surface area contributed by atoms with Crippen molar-refractivity contribution in [1.29, 1.82) is 0 Å². The molecule has 0 bridgehead atoms. The molecule has 0 saturated heterocycles. The van der Waals surface area contributed by atoms with Gasteiger partial charge in [-0.15, -0.1) is 0 Å². The van der Waals surface area contributed by atoms with Crippen LogP contribution in [0.4, 0.5) is 4.39 Å². The van der Waals surface area contributed by atoms with Gasteiger partial charge in [-0.2, -0.15) is 0 Å². The van der Waals surface area contributed by atoms with Crippen LogP contribution in [0.2, 0.25) is 0 Å². The number of rotatable bonds is 7.